The Balaban J connectivity index is 2.35. The van der Waals surface area contributed by atoms with Gasteiger partial charge < -0.3 is 0 Å². The van der Waals surface area contributed by atoms with Crippen molar-refractivity contribution in [3.05, 3.63) is 57.0 Å². The van der Waals surface area contributed by atoms with Gasteiger partial charge in [-0.3, -0.25) is 4.72 Å². The summed E-state index contributed by atoms with van der Waals surface area (Å²) in [6.45, 7) is 0. The van der Waals surface area contributed by atoms with Crippen LogP contribution in [-0.2, 0) is 10.0 Å². The summed E-state index contributed by atoms with van der Waals surface area (Å²) < 4.78 is 27.5. The molecule has 7 heteroatoms. The minimum atomic E-state index is -3.68. The van der Waals surface area contributed by atoms with Crippen LogP contribution in [0, 0.1) is 0 Å². The van der Waals surface area contributed by atoms with Crippen LogP contribution >= 0.6 is 39.1 Å². The Hall–Kier alpha value is -0.750. The van der Waals surface area contributed by atoms with Gasteiger partial charge in [-0.1, -0.05) is 45.2 Å². The van der Waals surface area contributed by atoms with E-state index in [0.29, 0.717) is 10.7 Å². The molecule has 0 atom stereocenters. The molecule has 0 aliphatic heterocycles. The van der Waals surface area contributed by atoms with Crippen LogP contribution in [0.1, 0.15) is 0 Å². The fourth-order valence-corrected chi connectivity index (χ4v) is 3.25. The zero-order valence-corrected chi connectivity index (χ0v) is 13.3. The van der Waals surface area contributed by atoms with Gasteiger partial charge in [-0.05, 0) is 36.4 Å². The number of anilines is 1. The van der Waals surface area contributed by atoms with Gasteiger partial charge in [-0.15, -0.1) is 0 Å². The molecule has 2 rings (SSSR count). The Labute approximate surface area is 129 Å². The Morgan fingerprint density at radius 3 is 2.37 bits per heavy atom. The number of benzene rings is 2. The molecule has 2 aromatic carbocycles. The van der Waals surface area contributed by atoms with Gasteiger partial charge in [-0.2, -0.15) is 0 Å². The molecule has 0 aliphatic carbocycles. The molecule has 3 nitrogen and oxygen atoms in total. The second-order valence-corrected chi connectivity index (χ2v) is 7.10. The molecule has 0 amide bonds. The van der Waals surface area contributed by atoms with Crippen LogP contribution in [0.5, 0.6) is 0 Å². The van der Waals surface area contributed by atoms with Crippen LogP contribution in [0.25, 0.3) is 0 Å². The number of sulfonamides is 1. The first-order valence-electron chi connectivity index (χ1n) is 5.12. The Morgan fingerprint density at radius 1 is 1.00 bits per heavy atom. The largest absolute Gasteiger partial charge is 0.280 e. The van der Waals surface area contributed by atoms with Gasteiger partial charge in [0.25, 0.3) is 10.0 Å². The number of halogens is 3. The summed E-state index contributed by atoms with van der Waals surface area (Å²) in [7, 11) is -3.68. The fourth-order valence-electron chi connectivity index (χ4n) is 1.41. The molecule has 0 aromatic heterocycles. The summed E-state index contributed by atoms with van der Waals surface area (Å²) in [5.74, 6) is 0. The minimum Gasteiger partial charge on any atom is -0.280 e. The van der Waals surface area contributed by atoms with Crippen LogP contribution in [0.15, 0.2) is 51.8 Å². The van der Waals surface area contributed by atoms with E-state index in [2.05, 4.69) is 20.7 Å². The van der Waals surface area contributed by atoms with Crippen molar-refractivity contribution in [3.63, 3.8) is 0 Å². The first-order valence-corrected chi connectivity index (χ1v) is 8.15. The predicted molar refractivity (Wildman–Crippen MR) is 81.4 cm³/mol. The van der Waals surface area contributed by atoms with Crippen LogP contribution in [0.3, 0.4) is 0 Å². The highest BCUT2D eigenvalue weighted by Gasteiger charge is 2.15. The second kappa shape index (κ2) is 5.71. The van der Waals surface area contributed by atoms with Crippen LogP contribution < -0.4 is 4.72 Å². The van der Waals surface area contributed by atoms with Crippen LogP contribution in [0.2, 0.25) is 10.0 Å². The number of hydrogen-bond donors (Lipinski definition) is 1. The zero-order chi connectivity index (χ0) is 14.0. The second-order valence-electron chi connectivity index (χ2n) is 3.69. The molecule has 0 bridgehead atoms. The molecule has 0 saturated carbocycles. The normalized spacial score (nSPS) is 11.3. The summed E-state index contributed by atoms with van der Waals surface area (Å²) in [4.78, 5) is 0.0573. The van der Waals surface area contributed by atoms with Crippen molar-refractivity contribution >= 4 is 54.8 Å². The quantitative estimate of drug-likeness (QED) is 0.848. The van der Waals surface area contributed by atoms with E-state index in [0.717, 1.165) is 4.47 Å². The lowest BCUT2D eigenvalue weighted by Crippen LogP contribution is -2.12. The van der Waals surface area contributed by atoms with E-state index in [4.69, 9.17) is 23.2 Å². The van der Waals surface area contributed by atoms with Crippen molar-refractivity contribution in [1.82, 2.24) is 0 Å². The summed E-state index contributed by atoms with van der Waals surface area (Å²) in [5.41, 5.74) is 0.459. The lowest BCUT2D eigenvalue weighted by molar-refractivity contribution is 0.601. The minimum absolute atomic E-state index is 0.0573. The number of hydrogen-bond acceptors (Lipinski definition) is 2. The molecule has 0 spiro atoms. The summed E-state index contributed by atoms with van der Waals surface area (Å²) in [5, 5.41) is 0.502. The van der Waals surface area contributed by atoms with Crippen LogP contribution in [-0.4, -0.2) is 8.42 Å². The van der Waals surface area contributed by atoms with Crippen molar-refractivity contribution in [2.24, 2.45) is 0 Å². The van der Waals surface area contributed by atoms with E-state index in [-0.39, 0.29) is 9.92 Å². The maximum atomic E-state index is 12.1. The summed E-state index contributed by atoms with van der Waals surface area (Å²) in [6.07, 6.45) is 0. The molecule has 0 radical (unpaired) electrons. The van der Waals surface area contributed by atoms with Crippen molar-refractivity contribution in [3.8, 4) is 0 Å². The molecule has 0 heterocycles. The third-order valence-electron chi connectivity index (χ3n) is 2.28. The van der Waals surface area contributed by atoms with Crippen molar-refractivity contribution in [1.29, 1.82) is 0 Å². The van der Waals surface area contributed by atoms with Gasteiger partial charge in [0.2, 0.25) is 0 Å². The highest BCUT2D eigenvalue weighted by Crippen LogP contribution is 2.26. The van der Waals surface area contributed by atoms with Crippen LogP contribution in [0.4, 0.5) is 5.69 Å². The Bertz CT molecular complexity index is 719. The predicted octanol–water partition coefficient (Wildman–Crippen LogP) is 4.56. The van der Waals surface area contributed by atoms with Gasteiger partial charge in [-0.25, -0.2) is 8.42 Å². The number of rotatable bonds is 3. The highest BCUT2D eigenvalue weighted by atomic mass is 79.9. The molecule has 2 aromatic rings. The van der Waals surface area contributed by atoms with E-state index >= 15 is 0 Å². The molecule has 0 saturated heterocycles. The van der Waals surface area contributed by atoms with Gasteiger partial charge in [0, 0.05) is 10.2 Å². The molecular weight excluding hydrogens is 373 g/mol. The first-order chi connectivity index (χ1) is 8.88. The summed E-state index contributed by atoms with van der Waals surface area (Å²) >= 11 is 14.8. The topological polar surface area (TPSA) is 46.2 Å². The average Bonchev–Trinajstić information content (AvgIpc) is 2.32. The van der Waals surface area contributed by atoms with E-state index < -0.39 is 10.0 Å². The van der Waals surface area contributed by atoms with Gasteiger partial charge in [0.1, 0.15) is 0 Å². The van der Waals surface area contributed by atoms with Crippen molar-refractivity contribution < 1.29 is 8.42 Å². The van der Waals surface area contributed by atoms with Gasteiger partial charge >= 0.3 is 0 Å². The molecule has 0 unspecified atom stereocenters. The third-order valence-corrected chi connectivity index (χ3v) is 4.89. The smallest absolute Gasteiger partial charge is 0.261 e. The SMILES string of the molecule is O=S(=O)(Nc1cccc(Br)c1)c1ccc(Cl)c(Cl)c1. The number of nitrogens with one attached hydrogen (secondary N) is 1. The monoisotopic (exact) mass is 379 g/mol. The lowest BCUT2D eigenvalue weighted by atomic mass is 10.3. The maximum Gasteiger partial charge on any atom is 0.261 e. The Kier molecular flexibility index (Phi) is 4.40. The molecule has 0 aliphatic rings. The molecule has 19 heavy (non-hydrogen) atoms. The standard InChI is InChI=1S/C12H8BrCl2NO2S/c13-8-2-1-3-9(6-8)16-19(17,18)10-4-5-11(14)12(15)7-10/h1-7,16H. The van der Waals surface area contributed by atoms with E-state index in [1.165, 1.54) is 18.2 Å². The third kappa shape index (κ3) is 3.63. The Morgan fingerprint density at radius 2 is 1.74 bits per heavy atom. The maximum absolute atomic E-state index is 12.1. The summed E-state index contributed by atoms with van der Waals surface area (Å²) in [6, 6.07) is 11.0. The highest BCUT2D eigenvalue weighted by molar-refractivity contribution is 9.10. The lowest BCUT2D eigenvalue weighted by Gasteiger charge is -2.09. The van der Waals surface area contributed by atoms with E-state index in [1.807, 2.05) is 0 Å². The van der Waals surface area contributed by atoms with Crippen molar-refractivity contribution in [2.45, 2.75) is 4.90 Å². The average molecular weight is 381 g/mol. The molecular formula is C12H8BrCl2NO2S. The molecule has 1 N–H and O–H groups in total. The van der Waals surface area contributed by atoms with Crippen molar-refractivity contribution in [2.75, 3.05) is 4.72 Å². The van der Waals surface area contributed by atoms with Gasteiger partial charge in [0.15, 0.2) is 0 Å². The fraction of sp³-hybridized carbons (Fsp3) is 0. The zero-order valence-electron chi connectivity index (χ0n) is 9.40. The van der Waals surface area contributed by atoms with E-state index in [1.54, 1.807) is 24.3 Å². The van der Waals surface area contributed by atoms with E-state index in [9.17, 15) is 8.42 Å². The molecule has 100 valence electrons. The first kappa shape index (κ1) is 14.7. The van der Waals surface area contributed by atoms with Gasteiger partial charge in [0.05, 0.1) is 14.9 Å². The molecule has 0 fully saturated rings.